The summed E-state index contributed by atoms with van der Waals surface area (Å²) in [5.41, 5.74) is 3.99. The molecule has 0 amide bonds. The zero-order valence-corrected chi connectivity index (χ0v) is 11.7. The van der Waals surface area contributed by atoms with Crippen LogP contribution in [0.4, 0.5) is 0 Å². The smallest absolute Gasteiger partial charge is 0.210 e. The highest BCUT2D eigenvalue weighted by Crippen LogP contribution is 2.29. The van der Waals surface area contributed by atoms with Crippen LogP contribution in [0.5, 0.6) is 0 Å². The summed E-state index contributed by atoms with van der Waals surface area (Å²) in [5, 5.41) is 0. The number of carbonyl (C=O) groups is 2. The lowest BCUT2D eigenvalue weighted by molar-refractivity contribution is 0.0974. The van der Waals surface area contributed by atoms with Gasteiger partial charge in [-0.25, -0.2) is 0 Å². The summed E-state index contributed by atoms with van der Waals surface area (Å²) >= 11 is 0. The maximum atomic E-state index is 12.6. The summed E-state index contributed by atoms with van der Waals surface area (Å²) in [6, 6.07) is 8.81. The first kappa shape index (κ1) is 12.6. The molecule has 2 aromatic rings. The van der Waals surface area contributed by atoms with Gasteiger partial charge in [-0.3, -0.25) is 9.59 Å². The number of hydrogen-bond donors (Lipinski definition) is 0. The minimum Gasteiger partial charge on any atom is -0.341 e. The Balaban J connectivity index is 2.28. The zero-order chi connectivity index (χ0) is 14.4. The van der Waals surface area contributed by atoms with Crippen molar-refractivity contribution >= 4 is 17.6 Å². The van der Waals surface area contributed by atoms with E-state index in [1.165, 1.54) is 0 Å². The molecule has 1 aromatic heterocycles. The van der Waals surface area contributed by atoms with Crippen molar-refractivity contribution in [2.45, 2.75) is 13.8 Å². The van der Waals surface area contributed by atoms with Gasteiger partial charge in [0.15, 0.2) is 5.78 Å². The number of rotatable bonds is 1. The van der Waals surface area contributed by atoms with E-state index in [4.69, 9.17) is 0 Å². The fourth-order valence-electron chi connectivity index (χ4n) is 2.66. The number of ketones is 2. The minimum absolute atomic E-state index is 0.0702. The molecule has 0 fully saturated rings. The number of fused-ring (bicyclic) bond motifs is 2. The highest BCUT2D eigenvalue weighted by Gasteiger charge is 2.32. The molecule has 1 aliphatic rings. The van der Waals surface area contributed by atoms with Gasteiger partial charge >= 0.3 is 0 Å². The van der Waals surface area contributed by atoms with Crippen molar-refractivity contribution in [2.24, 2.45) is 7.05 Å². The van der Waals surface area contributed by atoms with E-state index in [0.717, 1.165) is 11.3 Å². The Morgan fingerprint density at radius 3 is 2.20 bits per heavy atom. The van der Waals surface area contributed by atoms with Gasteiger partial charge < -0.3 is 4.57 Å². The van der Waals surface area contributed by atoms with Gasteiger partial charge in [0.1, 0.15) is 5.69 Å². The van der Waals surface area contributed by atoms with Crippen LogP contribution in [0.3, 0.4) is 0 Å². The largest absolute Gasteiger partial charge is 0.341 e. The quantitative estimate of drug-likeness (QED) is 0.677. The van der Waals surface area contributed by atoms with Gasteiger partial charge in [-0.15, -0.1) is 0 Å². The number of hydrogen-bond acceptors (Lipinski definition) is 2. The fraction of sp³-hybridized carbons (Fsp3) is 0.176. The molecule has 0 spiro atoms. The Kier molecular flexibility index (Phi) is 2.71. The van der Waals surface area contributed by atoms with Crippen molar-refractivity contribution in [1.29, 1.82) is 0 Å². The van der Waals surface area contributed by atoms with E-state index in [9.17, 15) is 9.59 Å². The molecule has 3 heteroatoms. The second kappa shape index (κ2) is 4.30. The average molecular weight is 265 g/mol. The highest BCUT2D eigenvalue weighted by molar-refractivity contribution is 6.28. The van der Waals surface area contributed by atoms with Crippen LogP contribution < -0.4 is 0 Å². The number of nitrogens with zero attached hydrogens (tertiary/aromatic N) is 1. The van der Waals surface area contributed by atoms with Crippen molar-refractivity contribution in [3.05, 3.63) is 64.0 Å². The Hall–Kier alpha value is -2.42. The van der Waals surface area contributed by atoms with E-state index in [2.05, 4.69) is 0 Å². The van der Waals surface area contributed by atoms with E-state index in [0.29, 0.717) is 22.4 Å². The summed E-state index contributed by atoms with van der Waals surface area (Å²) in [4.78, 5) is 25.1. The summed E-state index contributed by atoms with van der Waals surface area (Å²) in [7, 11) is 1.83. The molecule has 1 heterocycles. The van der Waals surface area contributed by atoms with Crippen molar-refractivity contribution in [3.63, 3.8) is 0 Å². The van der Waals surface area contributed by atoms with E-state index in [1.807, 2.05) is 27.0 Å². The molecule has 0 N–H and O–H groups in total. The molecular weight excluding hydrogens is 250 g/mol. The molecule has 3 rings (SSSR count). The topological polar surface area (TPSA) is 39.1 Å². The van der Waals surface area contributed by atoms with Gasteiger partial charge in [-0.05, 0) is 26.0 Å². The number of allylic oxidation sites excluding steroid dienone is 1. The monoisotopic (exact) mass is 265 g/mol. The molecule has 0 saturated heterocycles. The maximum Gasteiger partial charge on any atom is 0.210 e. The average Bonchev–Trinajstić information content (AvgIpc) is 2.73. The van der Waals surface area contributed by atoms with Crippen LogP contribution in [0.2, 0.25) is 0 Å². The molecule has 0 bridgehead atoms. The lowest BCUT2D eigenvalue weighted by Gasteiger charge is -2.15. The summed E-state index contributed by atoms with van der Waals surface area (Å²) in [5.74, 6) is -0.148. The Labute approximate surface area is 117 Å². The summed E-state index contributed by atoms with van der Waals surface area (Å²) in [6.45, 7) is 3.98. The number of aromatic nitrogens is 1. The van der Waals surface area contributed by atoms with Crippen LogP contribution in [-0.4, -0.2) is 16.1 Å². The minimum atomic E-state index is -0.0777. The van der Waals surface area contributed by atoms with Crippen LogP contribution >= 0.6 is 0 Å². The molecule has 1 aromatic carbocycles. The molecule has 0 aliphatic heterocycles. The lowest BCUT2D eigenvalue weighted by atomic mass is 9.88. The van der Waals surface area contributed by atoms with Crippen molar-refractivity contribution < 1.29 is 9.59 Å². The number of carbonyl (C=O) groups excluding carboxylic acids is 2. The van der Waals surface area contributed by atoms with E-state index < -0.39 is 0 Å². The predicted molar refractivity (Wildman–Crippen MR) is 78.0 cm³/mol. The molecule has 100 valence electrons. The first-order chi connectivity index (χ1) is 9.50. The lowest BCUT2D eigenvalue weighted by Crippen LogP contribution is -2.22. The van der Waals surface area contributed by atoms with Crippen LogP contribution in [0.25, 0.3) is 6.08 Å². The van der Waals surface area contributed by atoms with E-state index in [-0.39, 0.29) is 11.6 Å². The first-order valence-corrected chi connectivity index (χ1v) is 6.53. The van der Waals surface area contributed by atoms with Gasteiger partial charge in [0.2, 0.25) is 5.78 Å². The van der Waals surface area contributed by atoms with Gasteiger partial charge in [0.05, 0.1) is 5.56 Å². The molecule has 0 saturated carbocycles. The van der Waals surface area contributed by atoms with Gasteiger partial charge in [-0.2, -0.15) is 0 Å². The molecule has 0 atom stereocenters. The number of benzene rings is 1. The standard InChI is InChI=1S/C17H15NO2/c1-10(2)8-11-9-14-15(18(11)3)17(20)13-7-5-4-6-12(13)16(14)19/h4-9H,1-3H3. The third-order valence-electron chi connectivity index (χ3n) is 3.58. The Morgan fingerprint density at radius 2 is 1.60 bits per heavy atom. The van der Waals surface area contributed by atoms with Crippen molar-refractivity contribution in [1.82, 2.24) is 4.57 Å². The molecule has 20 heavy (non-hydrogen) atoms. The predicted octanol–water partition coefficient (Wildman–Crippen LogP) is 3.22. The van der Waals surface area contributed by atoms with Gasteiger partial charge in [-0.1, -0.05) is 29.8 Å². The van der Waals surface area contributed by atoms with Crippen molar-refractivity contribution in [3.8, 4) is 0 Å². The molecule has 1 aliphatic carbocycles. The van der Waals surface area contributed by atoms with Gasteiger partial charge in [0, 0.05) is 23.9 Å². The maximum absolute atomic E-state index is 12.6. The molecule has 3 nitrogen and oxygen atoms in total. The zero-order valence-electron chi connectivity index (χ0n) is 11.7. The molecule has 0 radical (unpaired) electrons. The third kappa shape index (κ3) is 1.67. The van der Waals surface area contributed by atoms with E-state index in [1.54, 1.807) is 34.9 Å². The van der Waals surface area contributed by atoms with E-state index >= 15 is 0 Å². The Bertz CT molecular complexity index is 774. The van der Waals surface area contributed by atoms with Gasteiger partial charge in [0.25, 0.3) is 0 Å². The van der Waals surface area contributed by atoms with Crippen molar-refractivity contribution in [2.75, 3.05) is 0 Å². The first-order valence-electron chi connectivity index (χ1n) is 6.53. The second-order valence-electron chi connectivity index (χ2n) is 5.32. The third-order valence-corrected chi connectivity index (χ3v) is 3.58. The van der Waals surface area contributed by atoms with Crippen LogP contribution in [0.15, 0.2) is 35.9 Å². The normalized spacial score (nSPS) is 12.9. The van der Waals surface area contributed by atoms with Crippen LogP contribution in [0, 0.1) is 0 Å². The van der Waals surface area contributed by atoms with Crippen LogP contribution in [0.1, 0.15) is 51.5 Å². The summed E-state index contributed by atoms with van der Waals surface area (Å²) < 4.78 is 1.80. The molecular formula is C17H15NO2. The Morgan fingerprint density at radius 1 is 1.00 bits per heavy atom. The molecule has 0 unspecified atom stereocenters. The summed E-state index contributed by atoms with van der Waals surface area (Å²) in [6.07, 6.45) is 1.98. The van der Waals surface area contributed by atoms with Crippen LogP contribution in [-0.2, 0) is 7.05 Å². The fourth-order valence-corrected chi connectivity index (χ4v) is 2.66. The highest BCUT2D eigenvalue weighted by atomic mass is 16.1. The second-order valence-corrected chi connectivity index (χ2v) is 5.32. The SMILES string of the molecule is CC(C)=Cc1cc2c(n1C)C(=O)c1ccccc1C2=O.